The van der Waals surface area contributed by atoms with Crippen molar-refractivity contribution in [3.63, 3.8) is 0 Å². The first-order chi connectivity index (χ1) is 11.8. The highest BCUT2D eigenvalue weighted by molar-refractivity contribution is 7.80. The Balaban J connectivity index is 2.03. The summed E-state index contributed by atoms with van der Waals surface area (Å²) in [5, 5.41) is 5.77. The van der Waals surface area contributed by atoms with Gasteiger partial charge in [0.15, 0.2) is 0 Å². The molecule has 1 N–H and O–H groups in total. The Kier molecular flexibility index (Phi) is 4.83. The van der Waals surface area contributed by atoms with E-state index in [0.29, 0.717) is 26.9 Å². The van der Waals surface area contributed by atoms with Crippen LogP contribution in [0.2, 0.25) is 5.02 Å². The number of hydrogen-bond acceptors (Lipinski definition) is 6. The lowest BCUT2D eigenvalue weighted by Crippen LogP contribution is -2.37. The van der Waals surface area contributed by atoms with Gasteiger partial charge in [-0.2, -0.15) is 8.42 Å². The summed E-state index contributed by atoms with van der Waals surface area (Å²) in [7, 11) is -4.70. The minimum absolute atomic E-state index is 0.161. The summed E-state index contributed by atoms with van der Waals surface area (Å²) in [6, 6.07) is 6.71. The van der Waals surface area contributed by atoms with E-state index in [-0.39, 0.29) is 18.9 Å². The molecule has 25 heavy (non-hydrogen) atoms. The van der Waals surface area contributed by atoms with Gasteiger partial charge in [-0.05, 0) is 42.1 Å². The molecule has 10 heteroatoms. The molecule has 1 aromatic carbocycles. The molecule has 0 atom stereocenters. The van der Waals surface area contributed by atoms with Crippen molar-refractivity contribution in [3.05, 3.63) is 50.7 Å². The standard InChI is InChI=1S/C15H13ClN2O5S2/c1-9-5-7-24-14(9)15(19)18-6-4-12(17-23-25(20,21)22)11-3-2-10(16)8-13(11)18/h2-3,5,7-8H,4,6H2,1H3,(H,20,21,22)/b17-12-. The molecular weight excluding hydrogens is 388 g/mol. The molecule has 1 aliphatic heterocycles. The summed E-state index contributed by atoms with van der Waals surface area (Å²) in [6.45, 7) is 2.14. The van der Waals surface area contributed by atoms with E-state index in [4.69, 9.17) is 16.2 Å². The lowest BCUT2D eigenvalue weighted by Gasteiger charge is -2.30. The zero-order chi connectivity index (χ0) is 18.2. The van der Waals surface area contributed by atoms with E-state index in [0.717, 1.165) is 5.56 Å². The van der Waals surface area contributed by atoms with E-state index >= 15 is 0 Å². The first kappa shape index (κ1) is 17.9. The smallest absolute Gasteiger partial charge is 0.307 e. The molecule has 1 aliphatic rings. The molecule has 1 aromatic heterocycles. The third kappa shape index (κ3) is 3.84. The van der Waals surface area contributed by atoms with Crippen LogP contribution in [0.15, 0.2) is 34.8 Å². The molecule has 0 aliphatic carbocycles. The first-order valence-electron chi connectivity index (χ1n) is 7.15. The van der Waals surface area contributed by atoms with Crippen molar-refractivity contribution in [3.8, 4) is 0 Å². The number of carbonyl (C=O) groups is 1. The van der Waals surface area contributed by atoms with Crippen LogP contribution in [0, 0.1) is 6.92 Å². The van der Waals surface area contributed by atoms with Gasteiger partial charge >= 0.3 is 10.4 Å². The molecule has 2 aromatic rings. The summed E-state index contributed by atoms with van der Waals surface area (Å²) in [5.41, 5.74) is 2.21. The largest absolute Gasteiger partial charge is 0.466 e. The minimum atomic E-state index is -4.70. The number of halogens is 1. The Morgan fingerprint density at radius 3 is 2.80 bits per heavy atom. The number of thiophene rings is 1. The number of anilines is 1. The van der Waals surface area contributed by atoms with Crippen molar-refractivity contribution in [2.24, 2.45) is 5.16 Å². The van der Waals surface area contributed by atoms with Crippen LogP contribution in [-0.4, -0.2) is 31.1 Å². The number of amides is 1. The topological polar surface area (TPSA) is 96.3 Å². The maximum Gasteiger partial charge on any atom is 0.466 e. The second-order valence-corrected chi connectivity index (χ2v) is 7.70. The van der Waals surface area contributed by atoms with Crippen LogP contribution in [0.3, 0.4) is 0 Å². The number of fused-ring (bicyclic) bond motifs is 1. The fourth-order valence-electron chi connectivity index (χ4n) is 2.56. The summed E-state index contributed by atoms with van der Waals surface area (Å²) < 4.78 is 34.3. The maximum absolute atomic E-state index is 12.9. The third-order valence-electron chi connectivity index (χ3n) is 3.68. The molecule has 7 nitrogen and oxygen atoms in total. The van der Waals surface area contributed by atoms with Crippen LogP contribution in [-0.2, 0) is 14.7 Å². The summed E-state index contributed by atoms with van der Waals surface area (Å²) in [5.74, 6) is -0.161. The van der Waals surface area contributed by atoms with Gasteiger partial charge in [0.1, 0.15) is 0 Å². The van der Waals surface area contributed by atoms with E-state index < -0.39 is 10.4 Å². The van der Waals surface area contributed by atoms with Crippen LogP contribution in [0.5, 0.6) is 0 Å². The highest BCUT2D eigenvalue weighted by Crippen LogP contribution is 2.33. The van der Waals surface area contributed by atoms with Crippen molar-refractivity contribution in [1.29, 1.82) is 0 Å². The molecule has 2 heterocycles. The number of aryl methyl sites for hydroxylation is 1. The molecule has 3 rings (SSSR count). The van der Waals surface area contributed by atoms with Gasteiger partial charge in [0.2, 0.25) is 0 Å². The Labute approximate surface area is 153 Å². The van der Waals surface area contributed by atoms with E-state index in [1.165, 1.54) is 11.3 Å². The van der Waals surface area contributed by atoms with Gasteiger partial charge in [0.05, 0.1) is 16.3 Å². The fraction of sp³-hybridized carbons (Fsp3) is 0.200. The Morgan fingerprint density at radius 1 is 1.40 bits per heavy atom. The average Bonchev–Trinajstić information content (AvgIpc) is 2.97. The van der Waals surface area contributed by atoms with E-state index in [1.807, 2.05) is 18.4 Å². The number of hydrogen-bond donors (Lipinski definition) is 1. The molecule has 0 unspecified atom stereocenters. The SMILES string of the molecule is Cc1ccsc1C(=O)N1CC/C(=N/OS(=O)(=O)O)c2ccc(Cl)cc21. The van der Waals surface area contributed by atoms with Crippen LogP contribution < -0.4 is 4.90 Å². The van der Waals surface area contributed by atoms with Crippen LogP contribution in [0.4, 0.5) is 5.69 Å². The summed E-state index contributed by atoms with van der Waals surface area (Å²) in [4.78, 5) is 15.1. The Hall–Kier alpha value is -1.94. The van der Waals surface area contributed by atoms with E-state index in [1.54, 1.807) is 23.1 Å². The second-order valence-electron chi connectivity index (χ2n) is 5.34. The molecule has 1 amide bonds. The molecule has 0 spiro atoms. The fourth-order valence-corrected chi connectivity index (χ4v) is 3.78. The van der Waals surface area contributed by atoms with Gasteiger partial charge < -0.3 is 4.90 Å². The van der Waals surface area contributed by atoms with Crippen molar-refractivity contribution in [2.75, 3.05) is 11.4 Å². The molecule has 132 valence electrons. The van der Waals surface area contributed by atoms with Gasteiger partial charge in [-0.3, -0.25) is 9.35 Å². The predicted molar refractivity (Wildman–Crippen MR) is 96.0 cm³/mol. The Bertz CT molecular complexity index is 968. The van der Waals surface area contributed by atoms with Crippen molar-refractivity contribution in [2.45, 2.75) is 13.3 Å². The zero-order valence-corrected chi connectivity index (χ0v) is 15.4. The van der Waals surface area contributed by atoms with Gasteiger partial charge in [0, 0.05) is 23.6 Å². The van der Waals surface area contributed by atoms with E-state index in [9.17, 15) is 13.2 Å². The second kappa shape index (κ2) is 6.75. The third-order valence-corrected chi connectivity index (χ3v) is 5.18. The first-order valence-corrected chi connectivity index (χ1v) is 9.77. The van der Waals surface area contributed by atoms with Crippen LogP contribution in [0.1, 0.15) is 27.2 Å². The number of benzene rings is 1. The summed E-state index contributed by atoms with van der Waals surface area (Å²) in [6.07, 6.45) is 0.264. The van der Waals surface area contributed by atoms with Gasteiger partial charge in [-0.15, -0.1) is 11.3 Å². The predicted octanol–water partition coefficient (Wildman–Crippen LogP) is 3.28. The number of nitrogens with zero attached hydrogens (tertiary/aromatic N) is 2. The molecular formula is C15H13ClN2O5S2. The number of rotatable bonds is 3. The maximum atomic E-state index is 12.9. The molecule has 0 bridgehead atoms. The van der Waals surface area contributed by atoms with Gasteiger partial charge in [0.25, 0.3) is 5.91 Å². The highest BCUT2D eigenvalue weighted by atomic mass is 35.5. The lowest BCUT2D eigenvalue weighted by atomic mass is 9.99. The van der Waals surface area contributed by atoms with Crippen molar-refractivity contribution < 1.29 is 22.0 Å². The summed E-state index contributed by atoms with van der Waals surface area (Å²) >= 11 is 7.41. The van der Waals surface area contributed by atoms with Crippen molar-refractivity contribution >= 4 is 50.6 Å². The number of carbonyl (C=O) groups excluding carboxylic acids is 1. The van der Waals surface area contributed by atoms with Crippen LogP contribution in [0.25, 0.3) is 0 Å². The molecule has 0 saturated heterocycles. The van der Waals surface area contributed by atoms with Gasteiger partial charge in [-0.25, -0.2) is 4.28 Å². The zero-order valence-electron chi connectivity index (χ0n) is 13.0. The molecule has 0 radical (unpaired) electrons. The monoisotopic (exact) mass is 400 g/mol. The Morgan fingerprint density at radius 2 is 2.16 bits per heavy atom. The van der Waals surface area contributed by atoms with E-state index in [2.05, 4.69) is 9.44 Å². The van der Waals surface area contributed by atoms with Crippen LogP contribution >= 0.6 is 22.9 Å². The molecule has 0 saturated carbocycles. The average molecular weight is 401 g/mol. The normalized spacial score (nSPS) is 16.0. The lowest BCUT2D eigenvalue weighted by molar-refractivity contribution is 0.0990. The van der Waals surface area contributed by atoms with Crippen molar-refractivity contribution in [1.82, 2.24) is 0 Å². The quantitative estimate of drug-likeness (QED) is 0.630. The minimum Gasteiger partial charge on any atom is -0.307 e. The molecule has 0 fully saturated rings. The number of oxime groups is 1. The van der Waals surface area contributed by atoms with Gasteiger partial charge in [-0.1, -0.05) is 16.8 Å². The highest BCUT2D eigenvalue weighted by Gasteiger charge is 2.29.